The van der Waals surface area contributed by atoms with Gasteiger partial charge in [-0.3, -0.25) is 0 Å². The summed E-state index contributed by atoms with van der Waals surface area (Å²) in [5, 5.41) is 0. The van der Waals surface area contributed by atoms with E-state index < -0.39 is 0 Å². The highest BCUT2D eigenvalue weighted by atomic mass is 16.5. The SMILES string of the molecule is C=CCc1ccc(OC)c(CC(/C=C/C)/C(N)=C/N(CC)CN)c1. The van der Waals surface area contributed by atoms with Gasteiger partial charge in [-0.15, -0.1) is 6.58 Å². The minimum absolute atomic E-state index is 0.100. The van der Waals surface area contributed by atoms with E-state index in [0.29, 0.717) is 6.67 Å². The molecule has 24 heavy (non-hydrogen) atoms. The van der Waals surface area contributed by atoms with Crippen LogP contribution in [0.25, 0.3) is 0 Å². The number of ether oxygens (including phenoxy) is 1. The summed E-state index contributed by atoms with van der Waals surface area (Å²) in [6.07, 6.45) is 9.63. The topological polar surface area (TPSA) is 64.5 Å². The van der Waals surface area contributed by atoms with E-state index in [-0.39, 0.29) is 5.92 Å². The summed E-state index contributed by atoms with van der Waals surface area (Å²) >= 11 is 0. The summed E-state index contributed by atoms with van der Waals surface area (Å²) in [6, 6.07) is 6.25. The molecule has 0 spiro atoms. The van der Waals surface area contributed by atoms with Crippen LogP contribution in [0.3, 0.4) is 0 Å². The molecule has 0 aliphatic carbocycles. The van der Waals surface area contributed by atoms with Crippen molar-refractivity contribution in [3.05, 3.63) is 66.0 Å². The maximum atomic E-state index is 6.35. The second kappa shape index (κ2) is 10.6. The first-order valence-electron chi connectivity index (χ1n) is 8.40. The number of methoxy groups -OCH3 is 1. The minimum atomic E-state index is 0.100. The predicted molar refractivity (Wildman–Crippen MR) is 103 cm³/mol. The van der Waals surface area contributed by atoms with Gasteiger partial charge in [0.25, 0.3) is 0 Å². The molecule has 0 heterocycles. The van der Waals surface area contributed by atoms with Gasteiger partial charge in [0.15, 0.2) is 0 Å². The van der Waals surface area contributed by atoms with Crippen molar-refractivity contribution in [2.75, 3.05) is 20.3 Å². The van der Waals surface area contributed by atoms with Crippen molar-refractivity contribution in [2.45, 2.75) is 26.7 Å². The summed E-state index contributed by atoms with van der Waals surface area (Å²) in [7, 11) is 1.70. The molecule has 1 aromatic rings. The lowest BCUT2D eigenvalue weighted by molar-refractivity contribution is 0.399. The Labute approximate surface area is 146 Å². The number of allylic oxidation sites excluding steroid dienone is 3. The largest absolute Gasteiger partial charge is 0.496 e. The van der Waals surface area contributed by atoms with Crippen molar-refractivity contribution < 1.29 is 4.74 Å². The highest BCUT2D eigenvalue weighted by Crippen LogP contribution is 2.26. The van der Waals surface area contributed by atoms with E-state index in [9.17, 15) is 0 Å². The number of nitrogens with zero attached hydrogens (tertiary/aromatic N) is 1. The van der Waals surface area contributed by atoms with Crippen LogP contribution >= 0.6 is 0 Å². The molecule has 4 nitrogen and oxygen atoms in total. The normalized spacial score (nSPS) is 13.1. The van der Waals surface area contributed by atoms with Gasteiger partial charge in [-0.1, -0.05) is 30.4 Å². The van der Waals surface area contributed by atoms with Crippen LogP contribution in [0, 0.1) is 5.92 Å². The maximum absolute atomic E-state index is 6.35. The fourth-order valence-electron chi connectivity index (χ4n) is 2.63. The minimum Gasteiger partial charge on any atom is -0.496 e. The fourth-order valence-corrected chi connectivity index (χ4v) is 2.63. The van der Waals surface area contributed by atoms with E-state index in [1.54, 1.807) is 7.11 Å². The zero-order valence-electron chi connectivity index (χ0n) is 15.2. The van der Waals surface area contributed by atoms with Gasteiger partial charge in [-0.25, -0.2) is 0 Å². The zero-order valence-corrected chi connectivity index (χ0v) is 15.2. The van der Waals surface area contributed by atoms with E-state index >= 15 is 0 Å². The molecular formula is C20H31N3O. The van der Waals surface area contributed by atoms with Crippen molar-refractivity contribution in [3.63, 3.8) is 0 Å². The van der Waals surface area contributed by atoms with Gasteiger partial charge < -0.3 is 21.1 Å². The second-order valence-corrected chi connectivity index (χ2v) is 5.69. The summed E-state index contributed by atoms with van der Waals surface area (Å²) in [6.45, 7) is 9.16. The lowest BCUT2D eigenvalue weighted by Gasteiger charge is -2.21. The molecule has 0 radical (unpaired) electrons. The molecule has 0 bridgehead atoms. The van der Waals surface area contributed by atoms with E-state index in [2.05, 4.69) is 31.7 Å². The summed E-state index contributed by atoms with van der Waals surface area (Å²) in [5.41, 5.74) is 15.3. The van der Waals surface area contributed by atoms with Gasteiger partial charge in [-0.05, 0) is 43.9 Å². The van der Waals surface area contributed by atoms with Crippen LogP contribution < -0.4 is 16.2 Å². The lowest BCUT2D eigenvalue weighted by Crippen LogP contribution is -2.27. The average molecular weight is 329 g/mol. The molecule has 0 saturated heterocycles. The van der Waals surface area contributed by atoms with Crippen molar-refractivity contribution in [2.24, 2.45) is 17.4 Å². The smallest absolute Gasteiger partial charge is 0.122 e. The van der Waals surface area contributed by atoms with Gasteiger partial charge in [0.2, 0.25) is 0 Å². The molecule has 0 aliphatic heterocycles. The molecule has 0 fully saturated rings. The molecule has 0 aromatic heterocycles. The lowest BCUT2D eigenvalue weighted by atomic mass is 9.94. The van der Waals surface area contributed by atoms with E-state index in [0.717, 1.165) is 36.4 Å². The quantitative estimate of drug-likeness (QED) is 0.511. The number of hydrogen-bond donors (Lipinski definition) is 2. The van der Waals surface area contributed by atoms with Crippen LogP contribution in [0.1, 0.15) is 25.0 Å². The molecule has 1 atom stereocenters. The van der Waals surface area contributed by atoms with Crippen molar-refractivity contribution in [1.29, 1.82) is 0 Å². The average Bonchev–Trinajstić information content (AvgIpc) is 2.59. The van der Waals surface area contributed by atoms with E-state index in [1.807, 2.05) is 36.2 Å². The third-order valence-electron chi connectivity index (χ3n) is 3.99. The molecule has 0 saturated carbocycles. The van der Waals surface area contributed by atoms with Gasteiger partial charge in [-0.2, -0.15) is 0 Å². The van der Waals surface area contributed by atoms with Crippen LogP contribution in [0.4, 0.5) is 0 Å². The predicted octanol–water partition coefficient (Wildman–Crippen LogP) is 3.20. The molecule has 4 N–H and O–H groups in total. The number of rotatable bonds is 10. The molecule has 1 aromatic carbocycles. The Morgan fingerprint density at radius 2 is 2.17 bits per heavy atom. The summed E-state index contributed by atoms with van der Waals surface area (Å²) in [5.74, 6) is 0.986. The first-order valence-corrected chi connectivity index (χ1v) is 8.40. The van der Waals surface area contributed by atoms with E-state index in [1.165, 1.54) is 5.56 Å². The Bertz CT molecular complexity index is 574. The molecule has 0 aliphatic rings. The van der Waals surface area contributed by atoms with E-state index in [4.69, 9.17) is 16.2 Å². The monoisotopic (exact) mass is 329 g/mol. The van der Waals surface area contributed by atoms with Gasteiger partial charge >= 0.3 is 0 Å². The van der Waals surface area contributed by atoms with Crippen LogP contribution in [0.15, 0.2) is 54.9 Å². The summed E-state index contributed by atoms with van der Waals surface area (Å²) in [4.78, 5) is 2.00. The van der Waals surface area contributed by atoms with Crippen molar-refractivity contribution in [1.82, 2.24) is 4.90 Å². The first-order chi connectivity index (χ1) is 11.6. The molecule has 132 valence electrons. The zero-order chi connectivity index (χ0) is 17.9. The molecule has 1 unspecified atom stereocenters. The molecule has 1 rings (SSSR count). The summed E-state index contributed by atoms with van der Waals surface area (Å²) < 4.78 is 5.52. The van der Waals surface area contributed by atoms with Crippen molar-refractivity contribution >= 4 is 0 Å². The van der Waals surface area contributed by atoms with Crippen LogP contribution in [-0.4, -0.2) is 25.2 Å². The Morgan fingerprint density at radius 1 is 1.42 bits per heavy atom. The highest BCUT2D eigenvalue weighted by Gasteiger charge is 2.14. The van der Waals surface area contributed by atoms with Crippen LogP contribution in [0.2, 0.25) is 0 Å². The van der Waals surface area contributed by atoms with Gasteiger partial charge in [0, 0.05) is 24.4 Å². The van der Waals surface area contributed by atoms with Gasteiger partial charge in [0.05, 0.1) is 13.8 Å². The third-order valence-corrected chi connectivity index (χ3v) is 3.99. The van der Waals surface area contributed by atoms with Crippen LogP contribution in [0.5, 0.6) is 5.75 Å². The maximum Gasteiger partial charge on any atom is 0.122 e. The molecule has 4 heteroatoms. The van der Waals surface area contributed by atoms with Crippen molar-refractivity contribution in [3.8, 4) is 5.75 Å². The Balaban J connectivity index is 3.11. The standard InChI is InChI=1S/C20H31N3O/c1-5-8-16-10-11-20(24-4)18(12-16)13-17(9-6-2)19(22)14-23(7-3)15-21/h5-6,9-12,14,17H,1,7-8,13,15,21-22H2,2-4H3/b9-6+,19-14-. The molecular weight excluding hydrogens is 298 g/mol. The Kier molecular flexibility index (Phi) is 8.72. The number of nitrogens with two attached hydrogens (primary N) is 2. The fraction of sp³-hybridized carbons (Fsp3) is 0.400. The third kappa shape index (κ3) is 5.78. The van der Waals surface area contributed by atoms with Gasteiger partial charge in [0.1, 0.15) is 5.75 Å². The number of benzene rings is 1. The molecule has 0 amide bonds. The first kappa shape index (κ1) is 19.8. The number of hydrogen-bond acceptors (Lipinski definition) is 4. The Hall–Kier alpha value is -2.20. The highest BCUT2D eigenvalue weighted by molar-refractivity contribution is 5.39. The second-order valence-electron chi connectivity index (χ2n) is 5.69. The Morgan fingerprint density at radius 3 is 2.71 bits per heavy atom. The van der Waals surface area contributed by atoms with Crippen LogP contribution in [-0.2, 0) is 12.8 Å².